The summed E-state index contributed by atoms with van der Waals surface area (Å²) in [6.07, 6.45) is 0. The van der Waals surface area contributed by atoms with Crippen molar-refractivity contribution in [3.05, 3.63) is 107 Å². The van der Waals surface area contributed by atoms with Crippen LogP contribution in [0.2, 0.25) is 0 Å². The second-order valence-corrected chi connectivity index (χ2v) is 9.59. The maximum atomic E-state index is 12.7. The average Bonchev–Trinajstić information content (AvgIpc) is 3.18. The largest absolute Gasteiger partial charge is 0.351 e. The van der Waals surface area contributed by atoms with E-state index in [-0.39, 0.29) is 11.7 Å². The number of fused-ring (bicyclic) bond motifs is 1. The van der Waals surface area contributed by atoms with Gasteiger partial charge in [0, 0.05) is 34.1 Å². The van der Waals surface area contributed by atoms with E-state index in [0.29, 0.717) is 13.1 Å². The molecule has 0 spiro atoms. The summed E-state index contributed by atoms with van der Waals surface area (Å²) in [5.41, 5.74) is 6.12. The summed E-state index contributed by atoms with van der Waals surface area (Å²) in [5.74, 6) is 0.215. The van der Waals surface area contributed by atoms with Gasteiger partial charge in [0.25, 0.3) is 0 Å². The number of benzene rings is 3. The van der Waals surface area contributed by atoms with E-state index in [1.807, 2.05) is 78.3 Å². The zero-order valence-electron chi connectivity index (χ0n) is 20.3. The highest BCUT2D eigenvalue weighted by Crippen LogP contribution is 2.31. The molecule has 0 aliphatic carbocycles. The topological polar surface area (TPSA) is 72.7 Å². The molecule has 0 bridgehead atoms. The van der Waals surface area contributed by atoms with Gasteiger partial charge in [-0.2, -0.15) is 5.10 Å². The highest BCUT2D eigenvalue weighted by molar-refractivity contribution is 8.00. The molecule has 180 valence electrons. The maximum Gasteiger partial charge on any atom is 0.230 e. The number of carbonyl (C=O) groups excluding carboxylic acids is 1. The average molecular weight is 494 g/mol. The molecular formula is C29H27N5OS. The Morgan fingerprint density at radius 1 is 0.861 bits per heavy atom. The SMILES string of the molecule is Cc1nn(Cc2ccccc2)c(C)c1CNC(=O)CSc1nnc(-c2ccccc2)c2ccccc12. The summed E-state index contributed by atoms with van der Waals surface area (Å²) in [6, 6.07) is 28.4. The van der Waals surface area contributed by atoms with Crippen LogP contribution in [0.1, 0.15) is 22.5 Å². The van der Waals surface area contributed by atoms with Gasteiger partial charge in [-0.3, -0.25) is 9.48 Å². The Morgan fingerprint density at radius 2 is 1.53 bits per heavy atom. The number of rotatable bonds is 8. The lowest BCUT2D eigenvalue weighted by Crippen LogP contribution is -2.25. The minimum atomic E-state index is -0.0485. The summed E-state index contributed by atoms with van der Waals surface area (Å²) < 4.78 is 2.00. The van der Waals surface area contributed by atoms with Gasteiger partial charge < -0.3 is 5.32 Å². The van der Waals surface area contributed by atoms with Gasteiger partial charge in [0.1, 0.15) is 10.7 Å². The van der Waals surface area contributed by atoms with Crippen LogP contribution in [0.4, 0.5) is 0 Å². The Balaban J connectivity index is 1.25. The zero-order chi connectivity index (χ0) is 24.9. The van der Waals surface area contributed by atoms with Crippen LogP contribution < -0.4 is 5.32 Å². The van der Waals surface area contributed by atoms with E-state index in [4.69, 9.17) is 0 Å². The van der Waals surface area contributed by atoms with Crippen LogP contribution in [-0.4, -0.2) is 31.6 Å². The maximum absolute atomic E-state index is 12.7. The van der Waals surface area contributed by atoms with E-state index in [1.54, 1.807) is 0 Å². The molecule has 0 aliphatic heterocycles. The van der Waals surface area contributed by atoms with Crippen LogP contribution in [0, 0.1) is 13.8 Å². The van der Waals surface area contributed by atoms with E-state index >= 15 is 0 Å². The predicted molar refractivity (Wildman–Crippen MR) is 145 cm³/mol. The van der Waals surface area contributed by atoms with Gasteiger partial charge in [-0.05, 0) is 19.4 Å². The van der Waals surface area contributed by atoms with Crippen molar-refractivity contribution in [3.63, 3.8) is 0 Å². The van der Waals surface area contributed by atoms with Crippen LogP contribution in [0.5, 0.6) is 0 Å². The molecule has 2 heterocycles. The van der Waals surface area contributed by atoms with Crippen LogP contribution in [0.3, 0.4) is 0 Å². The van der Waals surface area contributed by atoms with E-state index in [1.165, 1.54) is 17.3 Å². The zero-order valence-corrected chi connectivity index (χ0v) is 21.1. The van der Waals surface area contributed by atoms with E-state index in [0.717, 1.165) is 44.0 Å². The number of aromatic nitrogens is 4. The molecule has 0 aliphatic rings. The van der Waals surface area contributed by atoms with Gasteiger partial charge >= 0.3 is 0 Å². The van der Waals surface area contributed by atoms with Crippen LogP contribution in [0.15, 0.2) is 90.0 Å². The normalized spacial score (nSPS) is 11.1. The van der Waals surface area contributed by atoms with Crippen molar-refractivity contribution in [2.24, 2.45) is 0 Å². The molecule has 5 aromatic rings. The Kier molecular flexibility index (Phi) is 7.09. The van der Waals surface area contributed by atoms with Crippen LogP contribution in [-0.2, 0) is 17.9 Å². The first-order valence-electron chi connectivity index (χ1n) is 11.9. The molecule has 1 N–H and O–H groups in total. The van der Waals surface area contributed by atoms with Gasteiger partial charge in [0.05, 0.1) is 18.0 Å². The monoisotopic (exact) mass is 493 g/mol. The van der Waals surface area contributed by atoms with Crippen LogP contribution >= 0.6 is 11.8 Å². The fraction of sp³-hybridized carbons (Fsp3) is 0.172. The van der Waals surface area contributed by atoms with Crippen molar-refractivity contribution in [2.45, 2.75) is 32.0 Å². The molecule has 2 aromatic heterocycles. The lowest BCUT2D eigenvalue weighted by Gasteiger charge is -2.10. The first kappa shape index (κ1) is 23.8. The number of thioether (sulfide) groups is 1. The molecule has 0 radical (unpaired) electrons. The first-order chi connectivity index (χ1) is 17.6. The van der Waals surface area contributed by atoms with Gasteiger partial charge in [-0.25, -0.2) is 0 Å². The number of carbonyl (C=O) groups is 1. The number of nitrogens with one attached hydrogen (secondary N) is 1. The van der Waals surface area contributed by atoms with Crippen molar-refractivity contribution in [1.82, 2.24) is 25.3 Å². The third-order valence-electron chi connectivity index (χ3n) is 6.21. The molecule has 0 atom stereocenters. The molecule has 3 aromatic carbocycles. The van der Waals surface area contributed by atoms with Crippen molar-refractivity contribution >= 4 is 28.4 Å². The number of hydrogen-bond donors (Lipinski definition) is 1. The third kappa shape index (κ3) is 5.16. The fourth-order valence-electron chi connectivity index (χ4n) is 4.27. The molecule has 36 heavy (non-hydrogen) atoms. The van der Waals surface area contributed by atoms with Gasteiger partial charge in [-0.1, -0.05) is 96.7 Å². The second kappa shape index (κ2) is 10.7. The van der Waals surface area contributed by atoms with Crippen molar-refractivity contribution in [1.29, 1.82) is 0 Å². The molecular weight excluding hydrogens is 466 g/mol. The van der Waals surface area contributed by atoms with Crippen molar-refractivity contribution in [2.75, 3.05) is 5.75 Å². The minimum Gasteiger partial charge on any atom is -0.351 e. The van der Waals surface area contributed by atoms with Crippen molar-refractivity contribution in [3.8, 4) is 11.3 Å². The lowest BCUT2D eigenvalue weighted by atomic mass is 10.1. The Bertz CT molecular complexity index is 1500. The molecule has 1 amide bonds. The third-order valence-corrected chi connectivity index (χ3v) is 7.19. The summed E-state index contributed by atoms with van der Waals surface area (Å²) in [7, 11) is 0. The summed E-state index contributed by atoms with van der Waals surface area (Å²) in [5, 5.41) is 19.5. The molecule has 0 fully saturated rings. The number of amides is 1. The molecule has 0 saturated heterocycles. The summed E-state index contributed by atoms with van der Waals surface area (Å²) >= 11 is 1.41. The van der Waals surface area contributed by atoms with Crippen molar-refractivity contribution < 1.29 is 4.79 Å². The quantitative estimate of drug-likeness (QED) is 0.286. The van der Waals surface area contributed by atoms with Crippen LogP contribution in [0.25, 0.3) is 22.0 Å². The molecule has 0 unspecified atom stereocenters. The Morgan fingerprint density at radius 3 is 2.28 bits per heavy atom. The van der Waals surface area contributed by atoms with Gasteiger partial charge in [-0.15, -0.1) is 10.2 Å². The highest BCUT2D eigenvalue weighted by atomic mass is 32.2. The lowest BCUT2D eigenvalue weighted by molar-refractivity contribution is -0.118. The van der Waals surface area contributed by atoms with E-state index in [2.05, 4.69) is 45.7 Å². The molecule has 5 rings (SSSR count). The van der Waals surface area contributed by atoms with E-state index in [9.17, 15) is 4.79 Å². The standard InChI is InChI=1S/C29H27N5OS/c1-20-26(21(2)34(33-20)18-22-11-5-3-6-12-22)17-30-27(35)19-36-29-25-16-10-9-15-24(25)28(31-32-29)23-13-7-4-8-14-23/h3-16H,17-19H2,1-2H3,(H,30,35). The smallest absolute Gasteiger partial charge is 0.230 e. The minimum absolute atomic E-state index is 0.0485. The van der Waals surface area contributed by atoms with E-state index < -0.39 is 0 Å². The molecule has 6 nitrogen and oxygen atoms in total. The number of hydrogen-bond acceptors (Lipinski definition) is 5. The first-order valence-corrected chi connectivity index (χ1v) is 12.9. The molecule has 7 heteroatoms. The summed E-state index contributed by atoms with van der Waals surface area (Å²) in [6.45, 7) is 5.20. The fourth-order valence-corrected chi connectivity index (χ4v) is 5.07. The van der Waals surface area contributed by atoms with Gasteiger partial charge in [0.2, 0.25) is 5.91 Å². The Labute approximate surface area is 214 Å². The second-order valence-electron chi connectivity index (χ2n) is 8.62. The highest BCUT2D eigenvalue weighted by Gasteiger charge is 2.15. The number of nitrogens with zero attached hydrogens (tertiary/aromatic N) is 4. The van der Waals surface area contributed by atoms with Gasteiger partial charge in [0.15, 0.2) is 0 Å². The molecule has 0 saturated carbocycles. The summed E-state index contributed by atoms with van der Waals surface area (Å²) in [4.78, 5) is 12.7. The number of aryl methyl sites for hydroxylation is 1. The Hall–Kier alpha value is -3.97. The predicted octanol–water partition coefficient (Wildman–Crippen LogP) is 5.57.